The van der Waals surface area contributed by atoms with Gasteiger partial charge in [-0.05, 0) is 18.2 Å². The number of nitrogen functional groups attached to an aromatic ring is 1. The van der Waals surface area contributed by atoms with Gasteiger partial charge in [0.15, 0.2) is 0 Å². The molecular formula is C10H6F9NO. The Kier molecular flexibility index (Phi) is 4.26. The van der Waals surface area contributed by atoms with E-state index in [4.69, 9.17) is 5.73 Å². The van der Waals surface area contributed by atoms with Crippen LogP contribution in [0.25, 0.3) is 0 Å². The molecular weight excluding hydrogens is 321 g/mol. The van der Waals surface area contributed by atoms with Gasteiger partial charge in [-0.2, -0.15) is 39.5 Å². The zero-order valence-electron chi connectivity index (χ0n) is 9.70. The van der Waals surface area contributed by atoms with Gasteiger partial charge in [-0.3, -0.25) is 0 Å². The predicted octanol–water partition coefficient (Wildman–Crippen LogP) is 4.16. The van der Waals surface area contributed by atoms with E-state index in [1.54, 1.807) is 0 Å². The van der Waals surface area contributed by atoms with Crippen molar-refractivity contribution in [3.8, 4) is 5.75 Å². The molecule has 0 aliphatic heterocycles. The van der Waals surface area contributed by atoms with Gasteiger partial charge >= 0.3 is 18.5 Å². The minimum atomic E-state index is -5.93. The lowest BCUT2D eigenvalue weighted by molar-refractivity contribution is -0.300. The van der Waals surface area contributed by atoms with E-state index in [1.807, 2.05) is 0 Å². The van der Waals surface area contributed by atoms with Gasteiger partial charge in [0.05, 0.1) is 5.56 Å². The van der Waals surface area contributed by atoms with E-state index < -0.39 is 41.6 Å². The largest absolute Gasteiger partial charge is 0.471 e. The first kappa shape index (κ1) is 17.2. The lowest BCUT2D eigenvalue weighted by atomic mass is 10.1. The maximum atomic E-state index is 12.6. The van der Waals surface area contributed by atoms with Crippen LogP contribution in [0.1, 0.15) is 5.56 Å². The van der Waals surface area contributed by atoms with Gasteiger partial charge in [0, 0.05) is 5.69 Å². The Labute approximate surface area is 111 Å². The maximum absolute atomic E-state index is 12.6. The molecule has 0 saturated heterocycles. The number of nitrogens with two attached hydrogens (primary N) is 1. The molecule has 120 valence electrons. The van der Waals surface area contributed by atoms with Crippen LogP contribution in [0, 0.1) is 0 Å². The number of benzene rings is 1. The highest BCUT2D eigenvalue weighted by Crippen LogP contribution is 2.42. The molecule has 0 spiro atoms. The monoisotopic (exact) mass is 327 g/mol. The summed E-state index contributed by atoms with van der Waals surface area (Å²) in [5, 5.41) is 0. The Balaban J connectivity index is 3.29. The second-order valence-corrected chi connectivity index (χ2v) is 3.83. The second kappa shape index (κ2) is 5.19. The van der Waals surface area contributed by atoms with Gasteiger partial charge in [-0.15, -0.1) is 0 Å². The minimum absolute atomic E-state index is 0.180. The zero-order chi connectivity index (χ0) is 16.6. The highest BCUT2D eigenvalue weighted by Gasteiger charge is 2.59. The first-order valence-electron chi connectivity index (χ1n) is 4.99. The van der Waals surface area contributed by atoms with E-state index in [1.165, 1.54) is 0 Å². The lowest BCUT2D eigenvalue weighted by Gasteiger charge is -2.25. The average molecular weight is 327 g/mol. The second-order valence-electron chi connectivity index (χ2n) is 3.83. The Bertz CT molecular complexity index is 489. The van der Waals surface area contributed by atoms with Crippen molar-refractivity contribution in [3.63, 3.8) is 0 Å². The van der Waals surface area contributed by atoms with Crippen LogP contribution in [0.5, 0.6) is 5.75 Å². The van der Waals surface area contributed by atoms with Crippen molar-refractivity contribution in [2.75, 3.05) is 5.73 Å². The fourth-order valence-electron chi connectivity index (χ4n) is 1.32. The van der Waals surface area contributed by atoms with Crippen molar-refractivity contribution >= 4 is 5.69 Å². The highest BCUT2D eigenvalue weighted by atomic mass is 19.4. The van der Waals surface area contributed by atoms with E-state index in [2.05, 4.69) is 4.74 Å². The van der Waals surface area contributed by atoms with Crippen molar-refractivity contribution in [1.82, 2.24) is 0 Å². The maximum Gasteiger partial charge on any atom is 0.434 e. The first-order chi connectivity index (χ1) is 9.23. The van der Waals surface area contributed by atoms with E-state index in [0.717, 1.165) is 0 Å². The summed E-state index contributed by atoms with van der Waals surface area (Å²) in [5.41, 5.74) is 2.70. The Morgan fingerprint density at radius 1 is 0.857 bits per heavy atom. The van der Waals surface area contributed by atoms with E-state index >= 15 is 0 Å². The number of rotatable bonds is 2. The smallest absolute Gasteiger partial charge is 0.434 e. The minimum Gasteiger partial charge on any atom is -0.471 e. The third-order valence-electron chi connectivity index (χ3n) is 2.15. The third kappa shape index (κ3) is 4.33. The summed E-state index contributed by atoms with van der Waals surface area (Å²) in [7, 11) is 0. The molecule has 1 aromatic carbocycles. The number of hydrogen-bond donors (Lipinski definition) is 1. The van der Waals surface area contributed by atoms with Crippen molar-refractivity contribution < 1.29 is 44.3 Å². The number of hydrogen-bond acceptors (Lipinski definition) is 2. The van der Waals surface area contributed by atoms with Gasteiger partial charge < -0.3 is 10.5 Å². The van der Waals surface area contributed by atoms with Crippen LogP contribution in [0.15, 0.2) is 18.2 Å². The van der Waals surface area contributed by atoms with Crippen LogP contribution in [0.3, 0.4) is 0 Å². The molecule has 0 unspecified atom stereocenters. The molecule has 0 aliphatic rings. The van der Waals surface area contributed by atoms with Crippen LogP contribution in [0.4, 0.5) is 45.2 Å². The van der Waals surface area contributed by atoms with Crippen molar-refractivity contribution in [2.45, 2.75) is 24.6 Å². The van der Waals surface area contributed by atoms with E-state index in [0.29, 0.717) is 12.1 Å². The number of alkyl halides is 9. The van der Waals surface area contributed by atoms with Crippen LogP contribution in [-0.4, -0.2) is 18.5 Å². The van der Waals surface area contributed by atoms with E-state index in [9.17, 15) is 39.5 Å². The van der Waals surface area contributed by atoms with Crippen LogP contribution in [0.2, 0.25) is 0 Å². The topological polar surface area (TPSA) is 35.2 Å². The molecule has 0 atom stereocenters. The summed E-state index contributed by atoms with van der Waals surface area (Å²) in [4.78, 5) is 0. The molecule has 11 heteroatoms. The third-order valence-corrected chi connectivity index (χ3v) is 2.15. The molecule has 0 radical (unpaired) electrons. The number of anilines is 1. The van der Waals surface area contributed by atoms with Crippen molar-refractivity contribution in [3.05, 3.63) is 23.8 Å². The summed E-state index contributed by atoms with van der Waals surface area (Å²) in [6.07, 6.45) is -21.5. The Morgan fingerprint density at radius 2 is 1.33 bits per heavy atom. The molecule has 1 aromatic rings. The summed E-state index contributed by atoms with van der Waals surface area (Å²) in [6.45, 7) is 0. The average Bonchev–Trinajstić information content (AvgIpc) is 2.22. The van der Waals surface area contributed by atoms with Crippen LogP contribution < -0.4 is 10.5 Å². The van der Waals surface area contributed by atoms with Crippen LogP contribution in [-0.2, 0) is 6.18 Å². The normalized spacial score (nSPS) is 13.6. The standard InChI is InChI=1S/C10H6F9NO/c11-8(12,13)5-3-4(20)1-2-6(5)21-7(9(14,15)16)10(17,18)19/h1-3,7H,20H2. The van der Waals surface area contributed by atoms with Crippen molar-refractivity contribution in [1.29, 1.82) is 0 Å². The fourth-order valence-corrected chi connectivity index (χ4v) is 1.32. The highest BCUT2D eigenvalue weighted by molar-refractivity contribution is 5.49. The SMILES string of the molecule is Nc1ccc(OC(C(F)(F)F)C(F)(F)F)c(C(F)(F)F)c1. The molecule has 2 nitrogen and oxygen atoms in total. The number of ether oxygens (including phenoxy) is 1. The molecule has 0 amide bonds. The Hall–Kier alpha value is -1.81. The van der Waals surface area contributed by atoms with Gasteiger partial charge in [0.25, 0.3) is 6.10 Å². The first-order valence-corrected chi connectivity index (χ1v) is 4.99. The molecule has 0 aromatic heterocycles. The summed E-state index contributed by atoms with van der Waals surface area (Å²) in [5.74, 6) is -1.61. The molecule has 0 heterocycles. The predicted molar refractivity (Wildman–Crippen MR) is 52.4 cm³/mol. The molecule has 0 fully saturated rings. The quantitative estimate of drug-likeness (QED) is 0.654. The van der Waals surface area contributed by atoms with Gasteiger partial charge in [0.2, 0.25) is 0 Å². The van der Waals surface area contributed by atoms with Crippen molar-refractivity contribution in [2.24, 2.45) is 0 Å². The zero-order valence-corrected chi connectivity index (χ0v) is 9.70. The van der Waals surface area contributed by atoms with Gasteiger partial charge in [-0.25, -0.2) is 0 Å². The molecule has 2 N–H and O–H groups in total. The molecule has 1 rings (SSSR count). The summed E-state index contributed by atoms with van der Waals surface area (Å²) in [6, 6.07) is 1.16. The fraction of sp³-hybridized carbons (Fsp3) is 0.400. The number of halogens is 9. The van der Waals surface area contributed by atoms with Crippen LogP contribution >= 0.6 is 0 Å². The Morgan fingerprint density at radius 3 is 1.71 bits per heavy atom. The summed E-state index contributed by atoms with van der Waals surface area (Å²) < 4.78 is 115. The molecule has 0 saturated carbocycles. The molecule has 0 bridgehead atoms. The summed E-state index contributed by atoms with van der Waals surface area (Å²) >= 11 is 0. The van der Waals surface area contributed by atoms with E-state index in [-0.39, 0.29) is 6.07 Å². The van der Waals surface area contributed by atoms with Gasteiger partial charge in [0.1, 0.15) is 5.75 Å². The molecule has 21 heavy (non-hydrogen) atoms. The molecule has 0 aliphatic carbocycles. The lowest BCUT2D eigenvalue weighted by Crippen LogP contribution is -2.46. The van der Waals surface area contributed by atoms with Gasteiger partial charge in [-0.1, -0.05) is 0 Å².